The summed E-state index contributed by atoms with van der Waals surface area (Å²) in [6.07, 6.45) is 4.62. The monoisotopic (exact) mass is 364 g/mol. The fourth-order valence-corrected chi connectivity index (χ4v) is 3.46. The van der Waals surface area contributed by atoms with E-state index in [0.717, 1.165) is 32.5 Å². The Kier molecular flexibility index (Phi) is 8.19. The van der Waals surface area contributed by atoms with Crippen molar-refractivity contribution in [1.29, 1.82) is 0 Å². The standard InChI is InChI=1S/C20H32N2O4/c1-15(22-11-6-5-7-16(14-22)10-12-24-2)20(23)21-17-8-9-18(25-3)19(13-17)26-4/h8-9,13,15-16H,5-7,10-12,14H2,1-4H3,(H,21,23)/t15-,16+/m1/s1. The molecular formula is C20H32N2O4. The van der Waals surface area contributed by atoms with E-state index in [9.17, 15) is 4.79 Å². The zero-order valence-electron chi connectivity index (χ0n) is 16.4. The van der Waals surface area contributed by atoms with Gasteiger partial charge in [0.25, 0.3) is 0 Å². The van der Waals surface area contributed by atoms with Crippen molar-refractivity contribution in [3.8, 4) is 11.5 Å². The van der Waals surface area contributed by atoms with Gasteiger partial charge in [-0.2, -0.15) is 0 Å². The van der Waals surface area contributed by atoms with Crippen molar-refractivity contribution >= 4 is 11.6 Å². The van der Waals surface area contributed by atoms with Crippen LogP contribution in [-0.4, -0.2) is 57.9 Å². The van der Waals surface area contributed by atoms with Crippen molar-refractivity contribution in [3.63, 3.8) is 0 Å². The Hall–Kier alpha value is -1.79. The molecule has 1 amide bonds. The molecule has 0 aromatic heterocycles. The lowest BCUT2D eigenvalue weighted by molar-refractivity contribution is -0.120. The Labute approximate surface area is 156 Å². The number of amides is 1. The van der Waals surface area contributed by atoms with Crippen LogP contribution in [0, 0.1) is 5.92 Å². The van der Waals surface area contributed by atoms with Gasteiger partial charge in [0.15, 0.2) is 11.5 Å². The smallest absolute Gasteiger partial charge is 0.241 e. The molecule has 0 saturated carbocycles. The molecule has 1 aliphatic rings. The number of nitrogens with one attached hydrogen (secondary N) is 1. The topological polar surface area (TPSA) is 60.0 Å². The molecule has 0 radical (unpaired) electrons. The van der Waals surface area contributed by atoms with Crippen LogP contribution in [0.3, 0.4) is 0 Å². The fourth-order valence-electron chi connectivity index (χ4n) is 3.46. The number of methoxy groups -OCH3 is 3. The fraction of sp³-hybridized carbons (Fsp3) is 0.650. The normalized spacial score (nSPS) is 19.5. The van der Waals surface area contributed by atoms with Gasteiger partial charge in [-0.05, 0) is 50.8 Å². The maximum absolute atomic E-state index is 12.7. The second-order valence-electron chi connectivity index (χ2n) is 6.87. The third-order valence-electron chi connectivity index (χ3n) is 5.11. The van der Waals surface area contributed by atoms with Gasteiger partial charge in [0.2, 0.25) is 5.91 Å². The van der Waals surface area contributed by atoms with Crippen molar-refractivity contribution in [2.24, 2.45) is 5.92 Å². The summed E-state index contributed by atoms with van der Waals surface area (Å²) >= 11 is 0. The Morgan fingerprint density at radius 1 is 1.23 bits per heavy atom. The van der Waals surface area contributed by atoms with Crippen LogP contribution in [-0.2, 0) is 9.53 Å². The third-order valence-corrected chi connectivity index (χ3v) is 5.11. The van der Waals surface area contributed by atoms with Gasteiger partial charge in [-0.15, -0.1) is 0 Å². The minimum Gasteiger partial charge on any atom is -0.493 e. The highest BCUT2D eigenvalue weighted by atomic mass is 16.5. The number of hydrogen-bond acceptors (Lipinski definition) is 5. The Morgan fingerprint density at radius 3 is 2.69 bits per heavy atom. The molecule has 1 fully saturated rings. The number of rotatable bonds is 8. The quantitative estimate of drug-likeness (QED) is 0.768. The lowest BCUT2D eigenvalue weighted by Crippen LogP contribution is -2.44. The number of benzene rings is 1. The van der Waals surface area contributed by atoms with Crippen LogP contribution in [0.15, 0.2) is 18.2 Å². The zero-order chi connectivity index (χ0) is 18.9. The van der Waals surface area contributed by atoms with Gasteiger partial charge in [0.1, 0.15) is 0 Å². The van der Waals surface area contributed by atoms with Gasteiger partial charge in [0, 0.05) is 32.0 Å². The van der Waals surface area contributed by atoms with Crippen molar-refractivity contribution in [3.05, 3.63) is 18.2 Å². The summed E-state index contributed by atoms with van der Waals surface area (Å²) in [5.41, 5.74) is 0.713. The molecule has 1 heterocycles. The lowest BCUT2D eigenvalue weighted by atomic mass is 10.00. The van der Waals surface area contributed by atoms with E-state index in [1.807, 2.05) is 13.0 Å². The van der Waals surface area contributed by atoms with Crippen LogP contribution in [0.2, 0.25) is 0 Å². The summed E-state index contributed by atoms with van der Waals surface area (Å²) in [5.74, 6) is 1.85. The van der Waals surface area contributed by atoms with Crippen molar-refractivity contribution in [1.82, 2.24) is 4.90 Å². The summed E-state index contributed by atoms with van der Waals surface area (Å²) in [6.45, 7) is 4.67. The minimum absolute atomic E-state index is 0.00427. The van der Waals surface area contributed by atoms with E-state index in [4.69, 9.17) is 14.2 Å². The molecule has 0 unspecified atom stereocenters. The second kappa shape index (κ2) is 10.4. The van der Waals surface area contributed by atoms with Crippen LogP contribution in [0.25, 0.3) is 0 Å². The molecule has 6 nitrogen and oxygen atoms in total. The molecule has 0 aliphatic carbocycles. The van der Waals surface area contributed by atoms with E-state index in [1.54, 1.807) is 33.5 Å². The molecule has 6 heteroatoms. The maximum atomic E-state index is 12.7. The maximum Gasteiger partial charge on any atom is 0.241 e. The van der Waals surface area contributed by atoms with Gasteiger partial charge in [-0.1, -0.05) is 6.42 Å². The molecule has 1 aromatic rings. The van der Waals surface area contributed by atoms with Crippen LogP contribution < -0.4 is 14.8 Å². The molecule has 0 bridgehead atoms. The number of anilines is 1. The van der Waals surface area contributed by atoms with Gasteiger partial charge >= 0.3 is 0 Å². The number of carbonyl (C=O) groups excluding carboxylic acids is 1. The first-order valence-corrected chi connectivity index (χ1v) is 9.35. The lowest BCUT2D eigenvalue weighted by Gasteiger charge is -2.29. The van der Waals surface area contributed by atoms with Crippen molar-refractivity contribution < 1.29 is 19.0 Å². The number of nitrogens with zero attached hydrogens (tertiary/aromatic N) is 1. The molecule has 1 N–H and O–H groups in total. The Morgan fingerprint density at radius 2 is 2.00 bits per heavy atom. The first kappa shape index (κ1) is 20.5. The van der Waals surface area contributed by atoms with E-state index in [0.29, 0.717) is 23.1 Å². The second-order valence-corrected chi connectivity index (χ2v) is 6.87. The van der Waals surface area contributed by atoms with E-state index >= 15 is 0 Å². The predicted molar refractivity (Wildman–Crippen MR) is 103 cm³/mol. The number of hydrogen-bond donors (Lipinski definition) is 1. The highest BCUT2D eigenvalue weighted by Crippen LogP contribution is 2.30. The molecule has 1 aliphatic heterocycles. The third kappa shape index (κ3) is 5.61. The van der Waals surface area contributed by atoms with E-state index < -0.39 is 0 Å². The Bertz CT molecular complexity index is 579. The SMILES string of the molecule is COCC[C@@H]1CCCCN([C@H](C)C(=O)Nc2ccc(OC)c(OC)c2)C1. The van der Waals surface area contributed by atoms with Gasteiger partial charge in [0.05, 0.1) is 20.3 Å². The van der Waals surface area contributed by atoms with Crippen molar-refractivity contribution in [2.75, 3.05) is 46.3 Å². The van der Waals surface area contributed by atoms with E-state index in [1.165, 1.54) is 12.8 Å². The molecule has 2 rings (SSSR count). The van der Waals surface area contributed by atoms with Gasteiger partial charge in [-0.3, -0.25) is 9.69 Å². The first-order valence-electron chi connectivity index (χ1n) is 9.35. The highest BCUT2D eigenvalue weighted by molar-refractivity contribution is 5.94. The minimum atomic E-state index is -0.175. The summed E-state index contributed by atoms with van der Waals surface area (Å²) in [5, 5.41) is 3.00. The Balaban J connectivity index is 1.99. The first-order chi connectivity index (χ1) is 12.6. The average Bonchev–Trinajstić information content (AvgIpc) is 2.91. The van der Waals surface area contributed by atoms with E-state index in [-0.39, 0.29) is 11.9 Å². The summed E-state index contributed by atoms with van der Waals surface area (Å²) in [7, 11) is 4.93. The summed E-state index contributed by atoms with van der Waals surface area (Å²) in [6, 6.07) is 5.24. The molecule has 1 saturated heterocycles. The van der Waals surface area contributed by atoms with Crippen LogP contribution >= 0.6 is 0 Å². The number of likely N-dealkylation sites (tertiary alicyclic amines) is 1. The van der Waals surface area contributed by atoms with Crippen molar-refractivity contribution in [2.45, 2.75) is 38.6 Å². The van der Waals surface area contributed by atoms with Crippen LogP contribution in [0.4, 0.5) is 5.69 Å². The summed E-state index contributed by atoms with van der Waals surface area (Å²) < 4.78 is 15.8. The predicted octanol–water partition coefficient (Wildman–Crippen LogP) is 3.17. The zero-order valence-corrected chi connectivity index (χ0v) is 16.4. The van der Waals surface area contributed by atoms with Crippen LogP contribution in [0.5, 0.6) is 11.5 Å². The summed E-state index contributed by atoms with van der Waals surface area (Å²) in [4.78, 5) is 15.0. The van der Waals surface area contributed by atoms with Gasteiger partial charge < -0.3 is 19.5 Å². The largest absolute Gasteiger partial charge is 0.493 e. The van der Waals surface area contributed by atoms with E-state index in [2.05, 4.69) is 10.2 Å². The molecule has 26 heavy (non-hydrogen) atoms. The molecule has 2 atom stereocenters. The van der Waals surface area contributed by atoms with Crippen LogP contribution in [0.1, 0.15) is 32.6 Å². The molecule has 1 aromatic carbocycles. The van der Waals surface area contributed by atoms with Gasteiger partial charge in [-0.25, -0.2) is 0 Å². The molecule has 146 valence electrons. The highest BCUT2D eigenvalue weighted by Gasteiger charge is 2.26. The average molecular weight is 364 g/mol. The number of ether oxygens (including phenoxy) is 3. The molecule has 0 spiro atoms. The number of carbonyl (C=O) groups is 1. The molecular weight excluding hydrogens is 332 g/mol.